The molecule has 0 spiro atoms. The van der Waals surface area contributed by atoms with E-state index in [1.54, 1.807) is 6.07 Å². The van der Waals surface area contributed by atoms with Crippen LogP contribution in [0.2, 0.25) is 15.1 Å². The van der Waals surface area contributed by atoms with Crippen LogP contribution in [-0.2, 0) is 9.59 Å². The molecule has 3 nitrogen and oxygen atoms in total. The SMILES string of the molecule is CC1(C)CCC[C@]2(C)[C@@H](C=O)C(C=O)=CC[C@@H]12.Clc1cc(Cl)c(OCC#CI)cc1Cl. The van der Waals surface area contributed by atoms with Crippen LogP contribution in [0.15, 0.2) is 23.8 Å². The van der Waals surface area contributed by atoms with Gasteiger partial charge in [0.15, 0.2) is 0 Å². The fourth-order valence-electron chi connectivity index (χ4n) is 5.00. The number of halogens is 4. The van der Waals surface area contributed by atoms with Crippen molar-refractivity contribution in [2.45, 2.75) is 46.5 Å². The number of allylic oxidation sites excluding steroid dienone is 2. The molecule has 2 aliphatic carbocycles. The zero-order valence-electron chi connectivity index (χ0n) is 17.8. The van der Waals surface area contributed by atoms with E-state index in [4.69, 9.17) is 39.5 Å². The zero-order chi connectivity index (χ0) is 23.2. The molecule has 1 fully saturated rings. The average molecular weight is 596 g/mol. The summed E-state index contributed by atoms with van der Waals surface area (Å²) in [6.45, 7) is 7.09. The van der Waals surface area contributed by atoms with Crippen LogP contribution in [0.3, 0.4) is 0 Å². The van der Waals surface area contributed by atoms with E-state index in [2.05, 4.69) is 30.6 Å². The minimum absolute atomic E-state index is 0.0194. The van der Waals surface area contributed by atoms with Crippen LogP contribution in [0.1, 0.15) is 46.5 Å². The van der Waals surface area contributed by atoms with Crippen LogP contribution in [0.5, 0.6) is 5.75 Å². The van der Waals surface area contributed by atoms with Gasteiger partial charge in [-0.3, -0.25) is 4.79 Å². The molecule has 0 heterocycles. The Bertz CT molecular complexity index is 917. The first-order chi connectivity index (χ1) is 14.6. The maximum atomic E-state index is 11.4. The number of carbonyl (C=O) groups is 2. The molecule has 7 heteroatoms. The number of hydrogen-bond donors (Lipinski definition) is 0. The predicted octanol–water partition coefficient (Wildman–Crippen LogP) is 7.58. The largest absolute Gasteiger partial charge is 0.479 e. The second-order valence-electron chi connectivity index (χ2n) is 8.83. The van der Waals surface area contributed by atoms with Gasteiger partial charge in [0.1, 0.15) is 24.9 Å². The second kappa shape index (κ2) is 11.4. The maximum absolute atomic E-state index is 11.4. The van der Waals surface area contributed by atoms with Crippen molar-refractivity contribution in [3.8, 4) is 15.6 Å². The molecular weight excluding hydrogens is 570 g/mol. The molecule has 31 heavy (non-hydrogen) atoms. The molecule has 0 N–H and O–H groups in total. The van der Waals surface area contributed by atoms with Crippen molar-refractivity contribution in [1.29, 1.82) is 0 Å². The molecule has 0 saturated heterocycles. The van der Waals surface area contributed by atoms with Crippen molar-refractivity contribution in [2.75, 3.05) is 6.61 Å². The molecule has 0 unspecified atom stereocenters. The molecule has 1 aromatic carbocycles. The summed E-state index contributed by atoms with van der Waals surface area (Å²) in [5.74, 6) is 3.54. The van der Waals surface area contributed by atoms with Crippen LogP contribution in [0.4, 0.5) is 0 Å². The van der Waals surface area contributed by atoms with Crippen molar-refractivity contribution < 1.29 is 14.3 Å². The van der Waals surface area contributed by atoms with Gasteiger partial charge in [0.25, 0.3) is 0 Å². The Kier molecular flexibility index (Phi) is 9.76. The first-order valence-corrected chi connectivity index (χ1v) is 12.3. The van der Waals surface area contributed by atoms with Gasteiger partial charge in [0.2, 0.25) is 0 Å². The number of aldehydes is 2. The summed E-state index contributed by atoms with van der Waals surface area (Å²) in [6, 6.07) is 3.11. The topological polar surface area (TPSA) is 43.4 Å². The summed E-state index contributed by atoms with van der Waals surface area (Å²) in [5.41, 5.74) is 0.963. The van der Waals surface area contributed by atoms with E-state index < -0.39 is 0 Å². The number of fused-ring (bicyclic) bond motifs is 1. The highest BCUT2D eigenvalue weighted by Crippen LogP contribution is 2.58. The summed E-state index contributed by atoms with van der Waals surface area (Å²) >= 11 is 19.3. The molecule has 0 aliphatic heterocycles. The van der Waals surface area contributed by atoms with Gasteiger partial charge in [0, 0.05) is 34.6 Å². The van der Waals surface area contributed by atoms with Gasteiger partial charge in [-0.2, -0.15) is 0 Å². The van der Waals surface area contributed by atoms with Crippen LogP contribution in [0.25, 0.3) is 0 Å². The molecule has 1 aromatic rings. The highest BCUT2D eigenvalue weighted by atomic mass is 127. The zero-order valence-corrected chi connectivity index (χ0v) is 22.2. The van der Waals surface area contributed by atoms with Crippen LogP contribution < -0.4 is 4.74 Å². The fourth-order valence-corrected chi connectivity index (χ4v) is 5.75. The van der Waals surface area contributed by atoms with Crippen molar-refractivity contribution in [3.05, 3.63) is 38.8 Å². The summed E-state index contributed by atoms with van der Waals surface area (Å²) in [7, 11) is 0. The number of hydrogen-bond acceptors (Lipinski definition) is 3. The van der Waals surface area contributed by atoms with Gasteiger partial charge < -0.3 is 9.53 Å². The van der Waals surface area contributed by atoms with Gasteiger partial charge in [-0.1, -0.05) is 74.0 Å². The first-order valence-electron chi connectivity index (χ1n) is 10.1. The van der Waals surface area contributed by atoms with E-state index in [0.717, 1.165) is 31.8 Å². The minimum atomic E-state index is -0.196. The molecule has 0 amide bonds. The van der Waals surface area contributed by atoms with Gasteiger partial charge in [0.05, 0.1) is 15.1 Å². The lowest BCUT2D eigenvalue weighted by molar-refractivity contribution is -0.122. The van der Waals surface area contributed by atoms with Crippen molar-refractivity contribution in [2.24, 2.45) is 22.7 Å². The molecule has 3 atom stereocenters. The average Bonchev–Trinajstić information content (AvgIpc) is 2.71. The number of carbonyl (C=O) groups excluding carboxylic acids is 2. The lowest BCUT2D eigenvalue weighted by Gasteiger charge is -2.55. The number of rotatable bonds is 4. The van der Waals surface area contributed by atoms with E-state index >= 15 is 0 Å². The Hall–Kier alpha value is -0.740. The smallest absolute Gasteiger partial charge is 0.149 e. The summed E-state index contributed by atoms with van der Waals surface area (Å²) < 4.78 is 7.94. The van der Waals surface area contributed by atoms with Gasteiger partial charge in [-0.05, 0) is 51.6 Å². The van der Waals surface area contributed by atoms with E-state index in [0.29, 0.717) is 32.3 Å². The quantitative estimate of drug-likeness (QED) is 0.156. The summed E-state index contributed by atoms with van der Waals surface area (Å²) in [4.78, 5) is 22.5. The third-order valence-corrected chi connectivity index (χ3v) is 7.95. The van der Waals surface area contributed by atoms with Crippen LogP contribution >= 0.6 is 57.4 Å². The van der Waals surface area contributed by atoms with Crippen molar-refractivity contribution in [1.82, 2.24) is 0 Å². The van der Waals surface area contributed by atoms with Crippen LogP contribution in [-0.4, -0.2) is 19.2 Å². The van der Waals surface area contributed by atoms with Gasteiger partial charge >= 0.3 is 0 Å². The third-order valence-electron chi connectivity index (χ3n) is 6.55. The molecule has 0 aromatic heterocycles. The standard InChI is InChI=1S/C15H22O2.C9H4Cl3IO/c1-14(2)7-4-8-15(3)12(10-17)11(9-16)5-6-13(14)15;10-6-4-8(12)9(5-7(6)11)14-3-1-2-13/h5,9-10,12-13H,4,6-8H2,1-3H3;4-5H,3H2/t12-,13-,15+;/m0./s1. The number of benzene rings is 1. The van der Waals surface area contributed by atoms with E-state index in [1.807, 2.05) is 28.7 Å². The van der Waals surface area contributed by atoms with E-state index in [1.165, 1.54) is 12.5 Å². The Morgan fingerprint density at radius 2 is 1.81 bits per heavy atom. The Morgan fingerprint density at radius 3 is 2.42 bits per heavy atom. The number of ether oxygens (including phenoxy) is 1. The molecule has 0 radical (unpaired) electrons. The minimum Gasteiger partial charge on any atom is -0.479 e. The van der Waals surface area contributed by atoms with Crippen molar-refractivity contribution >= 4 is 70.0 Å². The first kappa shape index (κ1) is 26.5. The fraction of sp³-hybridized carbons (Fsp3) is 0.500. The normalized spacial score (nSPS) is 26.1. The van der Waals surface area contributed by atoms with Gasteiger partial charge in [-0.25, -0.2) is 0 Å². The van der Waals surface area contributed by atoms with Gasteiger partial charge in [-0.15, -0.1) is 0 Å². The lowest BCUT2D eigenvalue weighted by Crippen LogP contribution is -2.49. The van der Waals surface area contributed by atoms with E-state index in [-0.39, 0.29) is 23.4 Å². The second-order valence-corrected chi connectivity index (χ2v) is 10.6. The summed E-state index contributed by atoms with van der Waals surface area (Å²) in [6.07, 6.45) is 8.26. The third kappa shape index (κ3) is 6.19. The summed E-state index contributed by atoms with van der Waals surface area (Å²) in [5, 5.41) is 1.24. The molecule has 3 rings (SSSR count). The van der Waals surface area contributed by atoms with Crippen LogP contribution in [0, 0.1) is 32.5 Å². The maximum Gasteiger partial charge on any atom is 0.149 e. The highest BCUT2D eigenvalue weighted by molar-refractivity contribution is 14.1. The molecule has 1 saturated carbocycles. The van der Waals surface area contributed by atoms with E-state index in [9.17, 15) is 9.59 Å². The Labute approximate surface area is 213 Å². The molecule has 2 aliphatic rings. The monoisotopic (exact) mass is 594 g/mol. The Morgan fingerprint density at radius 1 is 1.13 bits per heavy atom. The highest BCUT2D eigenvalue weighted by Gasteiger charge is 2.52. The molecule has 0 bridgehead atoms. The molecular formula is C24H26Cl3IO3. The van der Waals surface area contributed by atoms with Crippen molar-refractivity contribution in [3.63, 3.8) is 0 Å². The molecule has 168 valence electrons. The Balaban J connectivity index is 0.000000225. The lowest BCUT2D eigenvalue weighted by atomic mass is 9.49. The predicted molar refractivity (Wildman–Crippen MR) is 136 cm³/mol.